The highest BCUT2D eigenvalue weighted by atomic mass is 16.4. The molecule has 0 aromatic carbocycles. The molecule has 0 N–H and O–H groups in total. The van der Waals surface area contributed by atoms with Crippen molar-refractivity contribution in [3.8, 4) is 0 Å². The predicted molar refractivity (Wildman–Crippen MR) is 50.7 cm³/mol. The summed E-state index contributed by atoms with van der Waals surface area (Å²) in [5, 5.41) is 7.45. The average molecular weight is 192 g/mol. The largest absolute Gasteiger partial charge is 0.419 e. The molecular formula is C9H12N4O. The molecule has 0 saturated carbocycles. The van der Waals surface area contributed by atoms with E-state index in [1.54, 1.807) is 0 Å². The molecule has 2 aromatic heterocycles. The highest BCUT2D eigenvalue weighted by Crippen LogP contribution is 2.23. The smallest absolute Gasteiger partial charge is 0.285 e. The fraction of sp³-hybridized carbons (Fsp3) is 0.556. The Morgan fingerprint density at radius 3 is 2.79 bits per heavy atom. The highest BCUT2D eigenvalue weighted by Gasteiger charge is 2.15. The maximum atomic E-state index is 5.46. The van der Waals surface area contributed by atoms with E-state index < -0.39 is 0 Å². The number of oxazole rings is 1. The zero-order chi connectivity index (χ0) is 9.97. The molecule has 2 aromatic rings. The van der Waals surface area contributed by atoms with E-state index in [-0.39, 0.29) is 0 Å². The lowest BCUT2D eigenvalue weighted by atomic mass is 10.0. The van der Waals surface area contributed by atoms with Crippen molar-refractivity contribution in [2.24, 2.45) is 0 Å². The van der Waals surface area contributed by atoms with Gasteiger partial charge in [0.15, 0.2) is 0 Å². The molecule has 0 bridgehead atoms. The molecule has 0 amide bonds. The monoisotopic (exact) mass is 192 g/mol. The summed E-state index contributed by atoms with van der Waals surface area (Å²) in [6.45, 7) is 4.23. The van der Waals surface area contributed by atoms with Gasteiger partial charge in [-0.05, 0) is 12.8 Å². The first kappa shape index (κ1) is 9.05. The first-order valence-electron chi connectivity index (χ1n) is 4.79. The van der Waals surface area contributed by atoms with Crippen LogP contribution in [-0.4, -0.2) is 20.2 Å². The topological polar surface area (TPSA) is 64.7 Å². The van der Waals surface area contributed by atoms with Crippen molar-refractivity contribution in [1.29, 1.82) is 0 Å². The molecule has 14 heavy (non-hydrogen) atoms. The lowest BCUT2D eigenvalue weighted by molar-refractivity contribution is 0.447. The predicted octanol–water partition coefficient (Wildman–Crippen LogP) is 1.92. The van der Waals surface area contributed by atoms with E-state index in [1.807, 2.05) is 0 Å². The number of nitrogens with zero attached hydrogens (tertiary/aromatic N) is 4. The minimum Gasteiger partial charge on any atom is -0.419 e. The van der Waals surface area contributed by atoms with Gasteiger partial charge in [0.05, 0.1) is 0 Å². The van der Waals surface area contributed by atoms with Crippen LogP contribution in [0.1, 0.15) is 38.5 Å². The van der Waals surface area contributed by atoms with Crippen LogP contribution in [0.2, 0.25) is 0 Å². The Hall–Kier alpha value is -1.52. The van der Waals surface area contributed by atoms with E-state index in [2.05, 4.69) is 34.0 Å². The summed E-state index contributed by atoms with van der Waals surface area (Å²) >= 11 is 0. The molecule has 5 heteroatoms. The third-order valence-electron chi connectivity index (χ3n) is 2.32. The van der Waals surface area contributed by atoms with Gasteiger partial charge in [-0.25, -0.2) is 4.98 Å². The fourth-order valence-corrected chi connectivity index (χ4v) is 1.44. The van der Waals surface area contributed by atoms with Crippen LogP contribution >= 0.6 is 0 Å². The number of hydrogen-bond acceptors (Lipinski definition) is 5. The number of aromatic nitrogens is 4. The van der Waals surface area contributed by atoms with Crippen molar-refractivity contribution >= 4 is 11.4 Å². The molecule has 0 radical (unpaired) electrons. The van der Waals surface area contributed by atoms with Gasteiger partial charge in [0, 0.05) is 5.92 Å². The molecule has 0 atom stereocenters. The van der Waals surface area contributed by atoms with Crippen molar-refractivity contribution in [2.75, 3.05) is 0 Å². The molecular weight excluding hydrogens is 180 g/mol. The first-order valence-corrected chi connectivity index (χ1v) is 4.79. The van der Waals surface area contributed by atoms with Crippen LogP contribution in [0.4, 0.5) is 0 Å². The third-order valence-corrected chi connectivity index (χ3v) is 2.32. The van der Waals surface area contributed by atoms with Crippen molar-refractivity contribution in [3.05, 3.63) is 12.2 Å². The van der Waals surface area contributed by atoms with Crippen LogP contribution in [-0.2, 0) is 0 Å². The molecule has 0 aliphatic rings. The van der Waals surface area contributed by atoms with Gasteiger partial charge in [-0.2, -0.15) is 4.98 Å². The SMILES string of the molecule is CCC(CC)c1nc2ncnnc2o1. The number of hydrogen-bond donors (Lipinski definition) is 0. The van der Waals surface area contributed by atoms with Crippen molar-refractivity contribution in [3.63, 3.8) is 0 Å². The van der Waals surface area contributed by atoms with Gasteiger partial charge in [-0.3, -0.25) is 0 Å². The molecule has 0 saturated heterocycles. The Kier molecular flexibility index (Phi) is 2.39. The number of rotatable bonds is 3. The van der Waals surface area contributed by atoms with Crippen molar-refractivity contribution < 1.29 is 4.42 Å². The standard InChI is InChI=1S/C9H12N4O/c1-3-6(4-2)8-12-7-9(14-8)13-11-5-10-7/h5-6H,3-4H2,1-2H3. The van der Waals surface area contributed by atoms with Gasteiger partial charge < -0.3 is 4.42 Å². The summed E-state index contributed by atoms with van der Waals surface area (Å²) in [7, 11) is 0. The quantitative estimate of drug-likeness (QED) is 0.743. The Balaban J connectivity index is 2.43. The molecule has 5 nitrogen and oxygen atoms in total. The molecule has 2 rings (SSSR count). The fourth-order valence-electron chi connectivity index (χ4n) is 1.44. The van der Waals surface area contributed by atoms with Crippen LogP contribution in [0.3, 0.4) is 0 Å². The first-order chi connectivity index (χ1) is 6.85. The Labute approximate surface area is 81.6 Å². The van der Waals surface area contributed by atoms with E-state index in [1.165, 1.54) is 6.33 Å². The van der Waals surface area contributed by atoms with E-state index >= 15 is 0 Å². The summed E-state index contributed by atoms with van der Waals surface area (Å²) in [6, 6.07) is 0. The summed E-state index contributed by atoms with van der Waals surface area (Å²) in [6.07, 6.45) is 3.40. The molecule has 0 spiro atoms. The van der Waals surface area contributed by atoms with Crippen molar-refractivity contribution in [1.82, 2.24) is 20.2 Å². The summed E-state index contributed by atoms with van der Waals surface area (Å²) in [5.74, 6) is 1.07. The number of fused-ring (bicyclic) bond motifs is 1. The normalized spacial score (nSPS) is 11.4. The highest BCUT2D eigenvalue weighted by molar-refractivity contribution is 5.60. The lowest BCUT2D eigenvalue weighted by Gasteiger charge is -2.04. The minimum absolute atomic E-state index is 0.353. The molecule has 2 heterocycles. The maximum Gasteiger partial charge on any atom is 0.285 e. The van der Waals surface area contributed by atoms with Crippen LogP contribution in [0.5, 0.6) is 0 Å². The summed E-state index contributed by atoms with van der Waals surface area (Å²) < 4.78 is 5.46. The molecule has 0 fully saturated rings. The second-order valence-electron chi connectivity index (χ2n) is 3.15. The van der Waals surface area contributed by atoms with Gasteiger partial charge in [-0.1, -0.05) is 13.8 Å². The summed E-state index contributed by atoms with van der Waals surface area (Å²) in [4.78, 5) is 8.25. The van der Waals surface area contributed by atoms with E-state index in [0.29, 0.717) is 17.3 Å². The van der Waals surface area contributed by atoms with Crippen LogP contribution in [0.25, 0.3) is 11.4 Å². The van der Waals surface area contributed by atoms with Gasteiger partial charge in [-0.15, -0.1) is 10.2 Å². The third kappa shape index (κ3) is 1.45. The molecule has 74 valence electrons. The zero-order valence-electron chi connectivity index (χ0n) is 8.27. The minimum atomic E-state index is 0.353. The van der Waals surface area contributed by atoms with Crippen molar-refractivity contribution in [2.45, 2.75) is 32.6 Å². The van der Waals surface area contributed by atoms with E-state index in [0.717, 1.165) is 18.7 Å². The van der Waals surface area contributed by atoms with Gasteiger partial charge >= 0.3 is 0 Å². The maximum absolute atomic E-state index is 5.46. The molecule has 0 unspecified atom stereocenters. The van der Waals surface area contributed by atoms with Gasteiger partial charge in [0.25, 0.3) is 5.71 Å². The Morgan fingerprint density at radius 1 is 1.36 bits per heavy atom. The van der Waals surface area contributed by atoms with E-state index in [4.69, 9.17) is 4.42 Å². The van der Waals surface area contributed by atoms with E-state index in [9.17, 15) is 0 Å². The van der Waals surface area contributed by atoms with Crippen LogP contribution < -0.4 is 0 Å². The Morgan fingerprint density at radius 2 is 2.14 bits per heavy atom. The summed E-state index contributed by atoms with van der Waals surface area (Å²) in [5.41, 5.74) is 0.969. The lowest BCUT2D eigenvalue weighted by Crippen LogP contribution is -1.94. The molecule has 0 aliphatic heterocycles. The second kappa shape index (κ2) is 3.69. The van der Waals surface area contributed by atoms with Gasteiger partial charge in [0.1, 0.15) is 6.33 Å². The van der Waals surface area contributed by atoms with Gasteiger partial charge in [0.2, 0.25) is 11.5 Å². The second-order valence-corrected chi connectivity index (χ2v) is 3.15. The Bertz CT molecular complexity index is 388. The van der Waals surface area contributed by atoms with Crippen LogP contribution in [0, 0.1) is 0 Å². The zero-order valence-corrected chi connectivity index (χ0v) is 8.27. The average Bonchev–Trinajstić information content (AvgIpc) is 2.63. The molecule has 0 aliphatic carbocycles. The van der Waals surface area contributed by atoms with Crippen LogP contribution in [0.15, 0.2) is 10.7 Å².